The molecule has 1 N–H and O–H groups in total. The molecule has 0 aliphatic carbocycles. The summed E-state index contributed by atoms with van der Waals surface area (Å²) >= 11 is 0. The van der Waals surface area contributed by atoms with Gasteiger partial charge in [0.15, 0.2) is 5.70 Å². The smallest absolute Gasteiger partial charge is 0.465 e. The third-order valence-corrected chi connectivity index (χ3v) is 7.63. The molecule has 0 saturated carbocycles. The van der Waals surface area contributed by atoms with E-state index in [-0.39, 0.29) is 13.2 Å². The number of halogens is 2. The maximum absolute atomic E-state index is 16.3. The number of hydrogen-bond acceptors (Lipinski definition) is 3. The van der Waals surface area contributed by atoms with E-state index in [0.717, 1.165) is 33.4 Å². The Labute approximate surface area is 216 Å². The summed E-state index contributed by atoms with van der Waals surface area (Å²) in [5.41, 5.74) is 7.68. The van der Waals surface area contributed by atoms with Crippen molar-refractivity contribution >= 4 is 30.1 Å². The van der Waals surface area contributed by atoms with Gasteiger partial charge in [0, 0.05) is 29.3 Å². The standard InChI is InChI=1S/C28H34BF2N3O3/c1-8-22-16(4)26-25(20-11-13-21(14-12-20)28(36)32-15-24(35)37-10-3)27-17(5)23(9-2)19(7)34(27)29(30,31)33(26)18(22)6/h11-14H,8-10,15H2,1-7H3,(H,32,36). The van der Waals surface area contributed by atoms with Gasteiger partial charge in [-0.15, -0.1) is 0 Å². The minimum Gasteiger partial charge on any atom is -0.465 e. The molecule has 1 amide bonds. The Morgan fingerprint density at radius 2 is 1.68 bits per heavy atom. The van der Waals surface area contributed by atoms with Crippen molar-refractivity contribution in [2.45, 2.75) is 61.3 Å². The van der Waals surface area contributed by atoms with Crippen molar-refractivity contribution < 1.29 is 27.4 Å². The first-order chi connectivity index (χ1) is 17.5. The number of carbonyl (C=O) groups is 2. The first-order valence-corrected chi connectivity index (χ1v) is 12.9. The van der Waals surface area contributed by atoms with E-state index in [0.29, 0.717) is 41.2 Å². The summed E-state index contributed by atoms with van der Waals surface area (Å²) in [4.78, 5) is 24.2. The van der Waals surface area contributed by atoms with Crippen LogP contribution < -0.4 is 5.32 Å². The topological polar surface area (TPSA) is 63.3 Å². The second kappa shape index (κ2) is 9.76. The zero-order valence-electron chi connectivity index (χ0n) is 22.6. The van der Waals surface area contributed by atoms with Crippen molar-refractivity contribution in [3.63, 3.8) is 0 Å². The third-order valence-electron chi connectivity index (χ3n) is 7.63. The maximum atomic E-state index is 16.3. The molecule has 0 bridgehead atoms. The number of benzene rings is 1. The molecule has 0 unspecified atom stereocenters. The van der Waals surface area contributed by atoms with Gasteiger partial charge in [0.25, 0.3) is 5.91 Å². The highest BCUT2D eigenvalue weighted by Gasteiger charge is 2.56. The fourth-order valence-electron chi connectivity index (χ4n) is 6.01. The Balaban J connectivity index is 1.89. The number of carbonyl (C=O) groups excluding carboxylic acids is 2. The van der Waals surface area contributed by atoms with Crippen molar-refractivity contribution in [3.05, 3.63) is 74.8 Å². The number of nitrogens with zero attached hydrogens (tertiary/aromatic N) is 2. The van der Waals surface area contributed by atoms with Crippen LogP contribution in [0.1, 0.15) is 79.5 Å². The number of ether oxygens (including phenoxy) is 1. The zero-order chi connectivity index (χ0) is 27.2. The van der Waals surface area contributed by atoms with E-state index in [2.05, 4.69) is 5.32 Å². The van der Waals surface area contributed by atoms with Crippen molar-refractivity contribution in [3.8, 4) is 0 Å². The van der Waals surface area contributed by atoms with Crippen molar-refractivity contribution in [2.24, 2.45) is 0 Å². The Bertz CT molecular complexity index is 1400. The fraction of sp³-hybridized carbons (Fsp3) is 0.393. The predicted molar refractivity (Wildman–Crippen MR) is 142 cm³/mol. The number of esters is 1. The van der Waals surface area contributed by atoms with Crippen LogP contribution in [-0.2, 0) is 16.0 Å². The maximum Gasteiger partial charge on any atom is 0.737 e. The minimum absolute atomic E-state index is 0.222. The Morgan fingerprint density at radius 3 is 2.24 bits per heavy atom. The van der Waals surface area contributed by atoms with Gasteiger partial charge < -0.3 is 27.6 Å². The molecule has 1 aromatic heterocycles. The quantitative estimate of drug-likeness (QED) is 0.414. The van der Waals surface area contributed by atoms with Gasteiger partial charge in [-0.25, -0.2) is 0 Å². The lowest BCUT2D eigenvalue weighted by atomic mass is 9.83. The summed E-state index contributed by atoms with van der Waals surface area (Å²) in [6.07, 6.45) is 1.31. The van der Waals surface area contributed by atoms with Crippen molar-refractivity contribution in [2.75, 3.05) is 13.2 Å². The lowest BCUT2D eigenvalue weighted by Crippen LogP contribution is -2.51. The molecular weight excluding hydrogens is 475 g/mol. The molecule has 6 nitrogen and oxygen atoms in total. The minimum atomic E-state index is -4.09. The first-order valence-electron chi connectivity index (χ1n) is 12.9. The van der Waals surface area contributed by atoms with Crippen LogP contribution in [0.25, 0.3) is 5.57 Å². The SMILES string of the molecule is CCOC(=O)CNC(=O)c1ccc(C2=C3C(C)=C(CC)C(C)=[N+]3[B-](F)(F)n3c(C)c(CC)c(C)c32)cc1. The second-order valence-corrected chi connectivity index (χ2v) is 9.55. The molecular formula is C28H34BF2N3O3. The molecule has 2 aromatic rings. The summed E-state index contributed by atoms with van der Waals surface area (Å²) in [7, 11) is 0. The van der Waals surface area contributed by atoms with E-state index >= 15 is 8.63 Å². The molecule has 0 spiro atoms. The van der Waals surface area contributed by atoms with Crippen LogP contribution in [0.4, 0.5) is 8.63 Å². The van der Waals surface area contributed by atoms with Crippen LogP contribution in [-0.4, -0.2) is 46.7 Å². The largest absolute Gasteiger partial charge is 0.737 e. The Morgan fingerprint density at radius 1 is 1.03 bits per heavy atom. The first kappa shape index (κ1) is 26.6. The highest BCUT2D eigenvalue weighted by Crippen LogP contribution is 2.47. The molecule has 37 heavy (non-hydrogen) atoms. The molecule has 0 radical (unpaired) electrons. The van der Waals surface area contributed by atoms with Crippen LogP contribution in [0.2, 0.25) is 0 Å². The average Bonchev–Trinajstić information content (AvgIpc) is 3.27. The summed E-state index contributed by atoms with van der Waals surface area (Å²) < 4.78 is 40.0. The fourth-order valence-corrected chi connectivity index (χ4v) is 6.01. The summed E-state index contributed by atoms with van der Waals surface area (Å²) in [5, 5.41) is 2.55. The summed E-state index contributed by atoms with van der Waals surface area (Å²) in [6.45, 7) is 8.99. The van der Waals surface area contributed by atoms with Crippen LogP contribution >= 0.6 is 0 Å². The van der Waals surface area contributed by atoms with Gasteiger partial charge in [0.05, 0.1) is 12.2 Å². The molecule has 0 atom stereocenters. The molecule has 4 rings (SSSR count). The van der Waals surface area contributed by atoms with Gasteiger partial charge >= 0.3 is 12.9 Å². The number of allylic oxidation sites excluding steroid dienone is 2. The second-order valence-electron chi connectivity index (χ2n) is 9.55. The van der Waals surface area contributed by atoms with Gasteiger partial charge in [-0.05, 0) is 75.1 Å². The van der Waals surface area contributed by atoms with Crippen LogP contribution in [0.5, 0.6) is 0 Å². The van der Waals surface area contributed by atoms with Crippen LogP contribution in [0.3, 0.4) is 0 Å². The van der Waals surface area contributed by atoms with Crippen LogP contribution in [0, 0.1) is 13.8 Å². The molecule has 0 fully saturated rings. The van der Waals surface area contributed by atoms with Crippen molar-refractivity contribution in [1.29, 1.82) is 0 Å². The van der Waals surface area contributed by atoms with E-state index in [4.69, 9.17) is 4.74 Å². The average molecular weight is 509 g/mol. The van der Waals surface area contributed by atoms with Crippen LogP contribution in [0.15, 0.2) is 41.1 Å². The molecule has 196 valence electrons. The number of fused-ring (bicyclic) bond motifs is 2. The van der Waals surface area contributed by atoms with E-state index in [1.165, 1.54) is 8.96 Å². The lowest BCUT2D eigenvalue weighted by Gasteiger charge is -2.34. The summed E-state index contributed by atoms with van der Waals surface area (Å²) in [5.74, 6) is -0.917. The Hall–Kier alpha value is -3.49. The highest BCUT2D eigenvalue weighted by atomic mass is 19.2. The zero-order valence-corrected chi connectivity index (χ0v) is 22.6. The number of aromatic nitrogens is 1. The number of nitrogens with one attached hydrogen (secondary N) is 1. The van der Waals surface area contributed by atoms with E-state index in [1.807, 2.05) is 27.7 Å². The van der Waals surface area contributed by atoms with E-state index in [1.54, 1.807) is 45.0 Å². The molecule has 0 saturated heterocycles. The highest BCUT2D eigenvalue weighted by molar-refractivity contribution is 6.58. The molecule has 2 aliphatic rings. The lowest BCUT2D eigenvalue weighted by molar-refractivity contribution is -0.363. The number of hydrogen-bond donors (Lipinski definition) is 1. The van der Waals surface area contributed by atoms with Gasteiger partial charge in [0.2, 0.25) is 0 Å². The third kappa shape index (κ3) is 4.05. The monoisotopic (exact) mass is 509 g/mol. The summed E-state index contributed by atoms with van der Waals surface area (Å²) in [6, 6.07) is 6.90. The normalized spacial score (nSPS) is 16.2. The molecule has 3 heterocycles. The molecule has 1 aromatic carbocycles. The molecule has 2 aliphatic heterocycles. The van der Waals surface area contributed by atoms with E-state index in [9.17, 15) is 9.59 Å². The number of amides is 1. The Kier molecular flexibility index (Phi) is 7.01. The van der Waals surface area contributed by atoms with Gasteiger partial charge in [-0.1, -0.05) is 26.0 Å². The van der Waals surface area contributed by atoms with Gasteiger partial charge in [-0.2, -0.15) is 0 Å². The predicted octanol–water partition coefficient (Wildman–Crippen LogP) is 5.17. The van der Waals surface area contributed by atoms with E-state index < -0.39 is 18.8 Å². The van der Waals surface area contributed by atoms with Crippen molar-refractivity contribution in [1.82, 2.24) is 9.79 Å². The molecule has 9 heteroatoms. The van der Waals surface area contributed by atoms with Gasteiger partial charge in [0.1, 0.15) is 12.3 Å². The number of rotatable bonds is 7. The van der Waals surface area contributed by atoms with Gasteiger partial charge in [-0.3, -0.25) is 9.59 Å².